The van der Waals surface area contributed by atoms with Crippen LogP contribution in [0.15, 0.2) is 71.4 Å². The zero-order valence-electron chi connectivity index (χ0n) is 23.5. The van der Waals surface area contributed by atoms with Gasteiger partial charge < -0.3 is 24.8 Å². The van der Waals surface area contributed by atoms with Crippen molar-refractivity contribution in [3.05, 3.63) is 71.4 Å². The Morgan fingerprint density at radius 3 is 2.51 bits per heavy atom. The lowest BCUT2D eigenvalue weighted by Crippen LogP contribution is -2.64. The van der Waals surface area contributed by atoms with E-state index in [1.165, 1.54) is 6.08 Å². The molecule has 8 nitrogen and oxygen atoms in total. The van der Waals surface area contributed by atoms with E-state index >= 15 is 0 Å². The fraction of sp³-hybridized carbons (Fsp3) is 0.516. The number of carboxylic acid groups (broad SMARTS) is 1. The molecule has 1 heterocycles. The summed E-state index contributed by atoms with van der Waals surface area (Å²) < 4.78 is 11.9. The average Bonchev–Trinajstić information content (AvgIpc) is 2.84. The van der Waals surface area contributed by atoms with E-state index in [0.717, 1.165) is 17.2 Å². The van der Waals surface area contributed by atoms with Crippen LogP contribution in [-0.4, -0.2) is 57.1 Å². The number of allylic oxidation sites excluding steroid dienone is 8. The van der Waals surface area contributed by atoms with Crippen molar-refractivity contribution in [3.8, 4) is 0 Å². The van der Waals surface area contributed by atoms with Crippen LogP contribution >= 0.6 is 0 Å². The van der Waals surface area contributed by atoms with Crippen LogP contribution in [0.2, 0.25) is 0 Å². The number of carbonyl (C=O) groups excluding carboxylic acids is 2. The Morgan fingerprint density at radius 1 is 1.18 bits per heavy atom. The smallest absolute Gasteiger partial charge is 0.328 e. The highest BCUT2D eigenvalue weighted by Crippen LogP contribution is 2.56. The number of rotatable bonds is 8. The molecule has 3 rings (SSSR count). The van der Waals surface area contributed by atoms with E-state index in [2.05, 4.69) is 6.08 Å². The number of fused-ring (bicyclic) bond motifs is 3. The summed E-state index contributed by atoms with van der Waals surface area (Å²) in [5.74, 6) is -2.91. The number of Topliss-reactive ketones (excluding diaryl/α,β-unsaturated/α-hetero) is 1. The highest BCUT2D eigenvalue weighted by Gasteiger charge is 2.63. The van der Waals surface area contributed by atoms with Crippen LogP contribution in [0.4, 0.5) is 0 Å². The van der Waals surface area contributed by atoms with Crippen LogP contribution in [0.1, 0.15) is 54.4 Å². The zero-order valence-corrected chi connectivity index (χ0v) is 23.5. The summed E-state index contributed by atoms with van der Waals surface area (Å²) in [5.41, 5.74) is 0.195. The first-order valence-corrected chi connectivity index (χ1v) is 13.3. The van der Waals surface area contributed by atoms with Gasteiger partial charge >= 0.3 is 11.9 Å². The summed E-state index contributed by atoms with van der Waals surface area (Å²) in [4.78, 5) is 37.2. The molecule has 2 aliphatic carbocycles. The number of hydrogen-bond acceptors (Lipinski definition) is 7. The van der Waals surface area contributed by atoms with Crippen LogP contribution in [0, 0.1) is 23.2 Å². The molecule has 0 amide bonds. The summed E-state index contributed by atoms with van der Waals surface area (Å²) in [6, 6.07) is 0. The first kappa shape index (κ1) is 30.5. The second kappa shape index (κ2) is 12.0. The van der Waals surface area contributed by atoms with Crippen LogP contribution in [-0.2, 0) is 23.9 Å². The fourth-order valence-electron chi connectivity index (χ4n) is 5.81. The van der Waals surface area contributed by atoms with Crippen LogP contribution in [0.5, 0.6) is 0 Å². The second-order valence-electron chi connectivity index (χ2n) is 11.3. The van der Waals surface area contributed by atoms with Gasteiger partial charge in [0, 0.05) is 12.0 Å². The second-order valence-corrected chi connectivity index (χ2v) is 11.3. The number of esters is 1. The molecular weight excluding hydrogens is 500 g/mol. The van der Waals surface area contributed by atoms with Gasteiger partial charge in [-0.25, -0.2) is 4.79 Å². The van der Waals surface area contributed by atoms with Gasteiger partial charge in [0.25, 0.3) is 0 Å². The Kier molecular flexibility index (Phi) is 9.36. The maximum Gasteiger partial charge on any atom is 0.328 e. The van der Waals surface area contributed by atoms with Crippen molar-refractivity contribution < 1.29 is 39.2 Å². The van der Waals surface area contributed by atoms with Gasteiger partial charge in [0.15, 0.2) is 6.29 Å². The summed E-state index contributed by atoms with van der Waals surface area (Å²) in [5, 5.41) is 29.7. The van der Waals surface area contributed by atoms with Crippen LogP contribution in [0.3, 0.4) is 0 Å². The Balaban J connectivity index is 1.77. The van der Waals surface area contributed by atoms with Gasteiger partial charge in [-0.1, -0.05) is 61.1 Å². The molecule has 0 aromatic heterocycles. The molecule has 39 heavy (non-hydrogen) atoms. The van der Waals surface area contributed by atoms with E-state index in [0.29, 0.717) is 12.0 Å². The number of carbonyl (C=O) groups is 3. The number of aliphatic hydroxyl groups excluding tert-OH is 2. The monoisotopic (exact) mass is 540 g/mol. The fourth-order valence-corrected chi connectivity index (χ4v) is 5.81. The molecule has 0 radical (unpaired) electrons. The molecule has 8 heteroatoms. The largest absolute Gasteiger partial charge is 0.478 e. The number of hydrogen-bond donors (Lipinski definition) is 3. The van der Waals surface area contributed by atoms with E-state index in [9.17, 15) is 24.6 Å². The minimum absolute atomic E-state index is 0.116. The molecule has 1 fully saturated rings. The summed E-state index contributed by atoms with van der Waals surface area (Å²) >= 11 is 0. The molecule has 0 aromatic carbocycles. The molecule has 0 aromatic rings. The Bertz CT molecular complexity index is 1170. The van der Waals surface area contributed by atoms with E-state index in [4.69, 9.17) is 14.6 Å². The van der Waals surface area contributed by atoms with Crippen molar-refractivity contribution in [2.45, 2.75) is 78.5 Å². The lowest BCUT2D eigenvalue weighted by Gasteiger charge is -2.56. The number of ketones is 1. The Morgan fingerprint density at radius 2 is 1.85 bits per heavy atom. The van der Waals surface area contributed by atoms with Crippen molar-refractivity contribution >= 4 is 17.7 Å². The van der Waals surface area contributed by atoms with Gasteiger partial charge in [-0.3, -0.25) is 9.59 Å². The molecule has 2 unspecified atom stereocenters. The maximum atomic E-state index is 13.4. The van der Waals surface area contributed by atoms with E-state index in [1.807, 2.05) is 32.9 Å². The summed E-state index contributed by atoms with van der Waals surface area (Å²) in [7, 11) is 0. The van der Waals surface area contributed by atoms with E-state index in [-0.39, 0.29) is 18.1 Å². The molecule has 0 saturated carbocycles. The highest BCUT2D eigenvalue weighted by atomic mass is 16.6. The molecule has 0 spiro atoms. The van der Waals surface area contributed by atoms with Crippen molar-refractivity contribution in [2.24, 2.45) is 23.2 Å². The Labute approximate surface area is 230 Å². The first-order chi connectivity index (χ1) is 18.2. The van der Waals surface area contributed by atoms with Gasteiger partial charge in [-0.2, -0.15) is 0 Å². The van der Waals surface area contributed by atoms with E-state index in [1.54, 1.807) is 45.1 Å². The minimum Gasteiger partial charge on any atom is -0.478 e. The predicted octanol–water partition coefficient (Wildman–Crippen LogP) is 4.21. The third kappa shape index (κ3) is 6.40. The quantitative estimate of drug-likeness (QED) is 0.237. The van der Waals surface area contributed by atoms with Crippen LogP contribution in [0.25, 0.3) is 0 Å². The molecule has 3 N–H and O–H groups in total. The molecule has 3 aliphatic rings. The zero-order chi connectivity index (χ0) is 29.1. The lowest BCUT2D eigenvalue weighted by atomic mass is 9.53. The number of aliphatic carboxylic acids is 1. The van der Waals surface area contributed by atoms with Crippen molar-refractivity contribution in [3.63, 3.8) is 0 Å². The number of ether oxygens (including phenoxy) is 2. The van der Waals surface area contributed by atoms with Crippen molar-refractivity contribution in [1.29, 1.82) is 0 Å². The standard InChI is InChI=1S/C31H40O8/c1-18(10-8-12-25(33)34)9-7-11-20(3)28(36)21(4)29(37)38-23-16-19(2)15-22-13-14-30(5)31(6,27(22)23)24(32)17-26(35)39-30/h7-15,19,21,23,26-28,35-36H,16-17H2,1-6H3,(H,33,34)/b9-7+,12-8+,18-10-,20-11+/t19-,21?,23+,26-,27-,28?,30-,31-/m1/s1. The third-order valence-corrected chi connectivity index (χ3v) is 8.27. The summed E-state index contributed by atoms with van der Waals surface area (Å²) in [6.07, 6.45) is 12.6. The normalized spacial score (nSPS) is 34.9. The highest BCUT2D eigenvalue weighted by molar-refractivity contribution is 5.89. The molecule has 212 valence electrons. The van der Waals surface area contributed by atoms with Gasteiger partial charge in [-0.05, 0) is 58.1 Å². The van der Waals surface area contributed by atoms with Crippen LogP contribution < -0.4 is 0 Å². The van der Waals surface area contributed by atoms with Gasteiger partial charge in [0.1, 0.15) is 11.9 Å². The van der Waals surface area contributed by atoms with Gasteiger partial charge in [0.05, 0.1) is 29.5 Å². The Hall–Kier alpha value is -3.07. The number of carboxylic acids is 1. The predicted molar refractivity (Wildman–Crippen MR) is 146 cm³/mol. The van der Waals surface area contributed by atoms with Crippen molar-refractivity contribution in [1.82, 2.24) is 0 Å². The average molecular weight is 541 g/mol. The molecule has 1 aliphatic heterocycles. The lowest BCUT2D eigenvalue weighted by molar-refractivity contribution is -0.242. The molecule has 1 saturated heterocycles. The van der Waals surface area contributed by atoms with E-state index < -0.39 is 53.3 Å². The van der Waals surface area contributed by atoms with Gasteiger partial charge in [0.2, 0.25) is 0 Å². The van der Waals surface area contributed by atoms with Crippen molar-refractivity contribution in [2.75, 3.05) is 0 Å². The minimum atomic E-state index is -1.19. The first-order valence-electron chi connectivity index (χ1n) is 13.3. The molecular formula is C31H40O8. The van der Waals surface area contributed by atoms with Gasteiger partial charge in [-0.15, -0.1) is 0 Å². The summed E-state index contributed by atoms with van der Waals surface area (Å²) in [6.45, 7) is 10.8. The SMILES string of the molecule is CC(=C/C=C/C(=O)O)/C=C/C=C(\C)C(O)C(C)C(=O)O[C@H]1C[C@H](C)C=C2C=C[C@@]3(C)O[C@@H](O)CC(=O)[C@]3(C)[C@H]21. The third-order valence-electron chi connectivity index (χ3n) is 8.27. The maximum absolute atomic E-state index is 13.4. The number of aliphatic hydroxyl groups is 2. The topological polar surface area (TPSA) is 130 Å². The molecule has 0 bridgehead atoms. The molecule has 8 atom stereocenters.